The maximum absolute atomic E-state index is 5.93. The van der Waals surface area contributed by atoms with Gasteiger partial charge >= 0.3 is 0 Å². The molecule has 0 amide bonds. The maximum atomic E-state index is 5.93. The van der Waals surface area contributed by atoms with Crippen LogP contribution >= 0.6 is 15.9 Å². The lowest BCUT2D eigenvalue weighted by molar-refractivity contribution is 0.193. The smallest absolute Gasteiger partial charge is 0.154 e. The topological polar surface area (TPSA) is 95.9 Å². The summed E-state index contributed by atoms with van der Waals surface area (Å²) >= 11 is 3.42. The lowest BCUT2D eigenvalue weighted by Crippen LogP contribution is -2.20. The maximum Gasteiger partial charge on any atom is 0.154 e. The number of halogens is 1. The summed E-state index contributed by atoms with van der Waals surface area (Å²) in [4.78, 5) is 8.62. The lowest BCUT2D eigenvalue weighted by atomic mass is 10.2. The monoisotopic (exact) mass is 400 g/mol. The third kappa shape index (κ3) is 3.33. The number of nitrogens with zero attached hydrogens (tertiary/aromatic N) is 8. The van der Waals surface area contributed by atoms with Crippen LogP contribution in [-0.4, -0.2) is 45.9 Å². The zero-order valence-corrected chi connectivity index (χ0v) is 14.8. The van der Waals surface area contributed by atoms with Gasteiger partial charge in [-0.1, -0.05) is 0 Å². The summed E-state index contributed by atoms with van der Waals surface area (Å²) in [5.41, 5.74) is 2.21. The van der Waals surface area contributed by atoms with Crippen LogP contribution in [-0.2, 0) is 6.54 Å². The van der Waals surface area contributed by atoms with Gasteiger partial charge in [0.25, 0.3) is 0 Å². The zero-order chi connectivity index (χ0) is 17.2. The highest BCUT2D eigenvalue weighted by Gasteiger charge is 2.10. The molecule has 4 heterocycles. The Kier molecular flexibility index (Phi) is 4.10. The molecule has 10 heteroatoms. The molecule has 25 heavy (non-hydrogen) atoms. The average Bonchev–Trinajstić information content (AvgIpc) is 3.25. The number of hydrogen-bond donors (Lipinski definition) is 0. The molecule has 9 nitrogen and oxygen atoms in total. The minimum Gasteiger partial charge on any atom is -0.489 e. The second-order valence-corrected chi connectivity index (χ2v) is 6.22. The van der Waals surface area contributed by atoms with Crippen LogP contribution in [0.3, 0.4) is 0 Å². The summed E-state index contributed by atoms with van der Waals surface area (Å²) in [5, 5.41) is 15.6. The van der Waals surface area contributed by atoms with Crippen molar-refractivity contribution in [1.82, 2.24) is 39.8 Å². The molecule has 0 saturated heterocycles. The second-order valence-electron chi connectivity index (χ2n) is 5.41. The Bertz CT molecular complexity index is 1000. The Morgan fingerprint density at radius 2 is 2.12 bits per heavy atom. The van der Waals surface area contributed by atoms with Crippen LogP contribution < -0.4 is 4.74 Å². The van der Waals surface area contributed by atoms with Gasteiger partial charge in [0.15, 0.2) is 5.65 Å². The molecule has 0 saturated carbocycles. The molecule has 1 atom stereocenters. The third-order valence-electron chi connectivity index (χ3n) is 3.49. The predicted octanol–water partition coefficient (Wildman–Crippen LogP) is 2.01. The van der Waals surface area contributed by atoms with Gasteiger partial charge in [-0.05, 0) is 51.5 Å². The van der Waals surface area contributed by atoms with Crippen molar-refractivity contribution in [2.75, 3.05) is 0 Å². The van der Waals surface area contributed by atoms with Gasteiger partial charge in [0, 0.05) is 12.3 Å². The number of aromatic nitrogens is 8. The van der Waals surface area contributed by atoms with E-state index in [0.29, 0.717) is 12.3 Å². The minimum atomic E-state index is -0.100. The third-order valence-corrected chi connectivity index (χ3v) is 4.03. The summed E-state index contributed by atoms with van der Waals surface area (Å²) in [6.45, 7) is 2.51. The first kappa shape index (κ1) is 15.6. The Hall–Kier alpha value is -2.88. The molecular formula is C15H13BrN8O. The summed E-state index contributed by atoms with van der Waals surface area (Å²) < 4.78 is 10.1. The van der Waals surface area contributed by atoms with Crippen molar-refractivity contribution in [1.29, 1.82) is 0 Å². The van der Waals surface area contributed by atoms with E-state index in [1.807, 2.05) is 31.2 Å². The molecule has 0 aliphatic rings. The zero-order valence-electron chi connectivity index (χ0n) is 13.2. The number of hydrogen-bond acceptors (Lipinski definition) is 7. The van der Waals surface area contributed by atoms with E-state index < -0.39 is 0 Å². The first-order valence-corrected chi connectivity index (χ1v) is 8.32. The average molecular weight is 401 g/mol. The van der Waals surface area contributed by atoms with Crippen molar-refractivity contribution in [3.8, 4) is 17.1 Å². The first-order valence-electron chi connectivity index (χ1n) is 7.53. The van der Waals surface area contributed by atoms with Gasteiger partial charge in [0.2, 0.25) is 0 Å². The molecule has 0 radical (unpaired) electrons. The van der Waals surface area contributed by atoms with E-state index in [-0.39, 0.29) is 6.10 Å². The molecule has 4 aromatic heterocycles. The predicted molar refractivity (Wildman–Crippen MR) is 91.8 cm³/mol. The van der Waals surface area contributed by atoms with Crippen LogP contribution in [0.5, 0.6) is 5.75 Å². The highest BCUT2D eigenvalue weighted by molar-refractivity contribution is 9.10. The number of fused-ring (bicyclic) bond motifs is 1. The van der Waals surface area contributed by atoms with Gasteiger partial charge in [-0.15, -0.1) is 5.10 Å². The number of rotatable bonds is 5. The van der Waals surface area contributed by atoms with Crippen molar-refractivity contribution in [3.05, 3.63) is 47.6 Å². The molecule has 0 N–H and O–H groups in total. The van der Waals surface area contributed by atoms with E-state index in [9.17, 15) is 0 Å². The summed E-state index contributed by atoms with van der Waals surface area (Å²) in [6.07, 6.45) is 4.86. The largest absolute Gasteiger partial charge is 0.489 e. The highest BCUT2D eigenvalue weighted by Crippen LogP contribution is 2.22. The fourth-order valence-electron chi connectivity index (χ4n) is 2.40. The molecule has 0 aliphatic heterocycles. The number of imidazole rings is 1. The van der Waals surface area contributed by atoms with E-state index in [1.165, 1.54) is 0 Å². The second kappa shape index (κ2) is 6.55. The molecule has 0 bridgehead atoms. The normalized spacial score (nSPS) is 12.4. The standard InChI is InChI=1S/C15H13BrN8O/c1-10(8-23-9-19-21-22-23)25-11-4-5-17-13(6-11)12-2-3-15-18-7-14(16)24(15)20-12/h2-7,9-10H,8H2,1H3. The number of ether oxygens (including phenoxy) is 1. The highest BCUT2D eigenvalue weighted by atomic mass is 79.9. The van der Waals surface area contributed by atoms with Crippen molar-refractivity contribution in [3.63, 3.8) is 0 Å². The van der Waals surface area contributed by atoms with Gasteiger partial charge in [-0.3, -0.25) is 4.98 Å². The summed E-state index contributed by atoms with van der Waals surface area (Å²) in [7, 11) is 0. The van der Waals surface area contributed by atoms with Gasteiger partial charge in [0.05, 0.1) is 18.4 Å². The molecule has 126 valence electrons. The first-order chi connectivity index (χ1) is 12.2. The quantitative estimate of drug-likeness (QED) is 0.505. The van der Waals surface area contributed by atoms with Crippen molar-refractivity contribution < 1.29 is 4.74 Å². The van der Waals surface area contributed by atoms with Crippen LogP contribution in [0.2, 0.25) is 0 Å². The van der Waals surface area contributed by atoms with Crippen LogP contribution in [0, 0.1) is 0 Å². The molecule has 0 aliphatic carbocycles. The van der Waals surface area contributed by atoms with Gasteiger partial charge in [-0.2, -0.15) is 5.10 Å². The Morgan fingerprint density at radius 1 is 1.20 bits per heavy atom. The fourth-order valence-corrected chi connectivity index (χ4v) is 2.77. The molecule has 1 unspecified atom stereocenters. The van der Waals surface area contributed by atoms with Crippen LogP contribution in [0.25, 0.3) is 17.0 Å². The van der Waals surface area contributed by atoms with Crippen molar-refractivity contribution in [2.45, 2.75) is 19.6 Å². The molecule has 4 aromatic rings. The Morgan fingerprint density at radius 3 is 2.96 bits per heavy atom. The molecule has 0 spiro atoms. The van der Waals surface area contributed by atoms with Gasteiger partial charge in [0.1, 0.15) is 28.5 Å². The van der Waals surface area contributed by atoms with E-state index >= 15 is 0 Å². The van der Waals surface area contributed by atoms with E-state index in [0.717, 1.165) is 21.6 Å². The Balaban J connectivity index is 1.56. The lowest BCUT2D eigenvalue weighted by Gasteiger charge is -2.14. The minimum absolute atomic E-state index is 0.100. The molecule has 4 rings (SSSR count). The number of pyridine rings is 1. The molecule has 0 fully saturated rings. The molecular weight excluding hydrogens is 388 g/mol. The fraction of sp³-hybridized carbons (Fsp3) is 0.200. The van der Waals surface area contributed by atoms with Gasteiger partial charge in [-0.25, -0.2) is 14.2 Å². The van der Waals surface area contributed by atoms with Crippen molar-refractivity contribution >= 4 is 21.6 Å². The number of tetrazole rings is 1. The van der Waals surface area contributed by atoms with Crippen molar-refractivity contribution in [2.24, 2.45) is 0 Å². The van der Waals surface area contributed by atoms with Crippen LogP contribution in [0.15, 0.2) is 47.6 Å². The van der Waals surface area contributed by atoms with Crippen LogP contribution in [0.1, 0.15) is 6.92 Å². The van der Waals surface area contributed by atoms with E-state index in [1.54, 1.807) is 27.9 Å². The Labute approximate surface area is 150 Å². The SMILES string of the molecule is CC(Cn1cnnn1)Oc1ccnc(-c2ccc3ncc(Br)n3n2)c1. The van der Waals surface area contributed by atoms with E-state index in [2.05, 4.69) is 46.5 Å². The van der Waals surface area contributed by atoms with Crippen LogP contribution in [0.4, 0.5) is 0 Å². The van der Waals surface area contributed by atoms with E-state index in [4.69, 9.17) is 4.74 Å². The van der Waals surface area contributed by atoms with Gasteiger partial charge < -0.3 is 4.74 Å². The summed E-state index contributed by atoms with van der Waals surface area (Å²) in [6, 6.07) is 7.44. The molecule has 0 aromatic carbocycles. The summed E-state index contributed by atoms with van der Waals surface area (Å²) in [5.74, 6) is 0.706.